The number of hydrogen-bond acceptors (Lipinski definition) is 5. The lowest BCUT2D eigenvalue weighted by atomic mass is 10.1. The molecule has 100 valence electrons. The fourth-order valence-electron chi connectivity index (χ4n) is 2.15. The van der Waals surface area contributed by atoms with Crippen LogP contribution in [0.2, 0.25) is 0 Å². The van der Waals surface area contributed by atoms with Crippen LogP contribution in [0.4, 0.5) is 0 Å². The first-order valence-corrected chi connectivity index (χ1v) is 5.83. The van der Waals surface area contributed by atoms with Gasteiger partial charge in [0.05, 0.1) is 27.4 Å². The Balaban J connectivity index is 2.37. The SMILES string of the molecule is COc1cc(C2CCC(O)O2)cc(OC)c1OC. The Morgan fingerprint density at radius 3 is 2.06 bits per heavy atom. The number of rotatable bonds is 4. The van der Waals surface area contributed by atoms with Crippen molar-refractivity contribution in [1.29, 1.82) is 0 Å². The summed E-state index contributed by atoms with van der Waals surface area (Å²) in [6, 6.07) is 3.70. The van der Waals surface area contributed by atoms with Crippen LogP contribution in [-0.2, 0) is 4.74 Å². The van der Waals surface area contributed by atoms with E-state index >= 15 is 0 Å². The van der Waals surface area contributed by atoms with Crippen LogP contribution in [0.1, 0.15) is 24.5 Å². The minimum Gasteiger partial charge on any atom is -0.493 e. The molecule has 1 aromatic rings. The molecule has 0 aromatic heterocycles. The van der Waals surface area contributed by atoms with E-state index in [-0.39, 0.29) is 6.10 Å². The quantitative estimate of drug-likeness (QED) is 0.889. The second-order valence-corrected chi connectivity index (χ2v) is 4.12. The Bertz CT molecular complexity index is 393. The lowest BCUT2D eigenvalue weighted by Gasteiger charge is -2.17. The summed E-state index contributed by atoms with van der Waals surface area (Å²) in [4.78, 5) is 0. The molecule has 2 atom stereocenters. The molecular weight excluding hydrogens is 236 g/mol. The molecule has 1 aliphatic rings. The molecule has 0 saturated carbocycles. The predicted molar refractivity (Wildman–Crippen MR) is 65.2 cm³/mol. The smallest absolute Gasteiger partial charge is 0.203 e. The maximum Gasteiger partial charge on any atom is 0.203 e. The summed E-state index contributed by atoms with van der Waals surface area (Å²) in [5.74, 6) is 1.75. The van der Waals surface area contributed by atoms with Gasteiger partial charge in [-0.2, -0.15) is 0 Å². The molecule has 5 heteroatoms. The maximum atomic E-state index is 9.41. The predicted octanol–water partition coefficient (Wildman–Crippen LogP) is 1.88. The minimum atomic E-state index is -0.686. The molecule has 1 N–H and O–H groups in total. The summed E-state index contributed by atoms with van der Waals surface area (Å²) in [7, 11) is 4.72. The van der Waals surface area contributed by atoms with Crippen LogP contribution in [0.3, 0.4) is 0 Å². The monoisotopic (exact) mass is 254 g/mol. The number of hydrogen-bond donors (Lipinski definition) is 1. The summed E-state index contributed by atoms with van der Waals surface area (Å²) < 4.78 is 21.2. The summed E-state index contributed by atoms with van der Waals surface area (Å²) in [5, 5.41) is 9.41. The van der Waals surface area contributed by atoms with Crippen molar-refractivity contribution in [3.8, 4) is 17.2 Å². The van der Waals surface area contributed by atoms with Gasteiger partial charge in [-0.15, -0.1) is 0 Å². The Labute approximate surface area is 106 Å². The summed E-state index contributed by atoms with van der Waals surface area (Å²) in [6.45, 7) is 0. The molecule has 1 aromatic carbocycles. The fraction of sp³-hybridized carbons (Fsp3) is 0.538. The second-order valence-electron chi connectivity index (χ2n) is 4.12. The Hall–Kier alpha value is -1.46. The van der Waals surface area contributed by atoms with Crippen LogP contribution in [0, 0.1) is 0 Å². The van der Waals surface area contributed by atoms with Crippen molar-refractivity contribution in [1.82, 2.24) is 0 Å². The van der Waals surface area contributed by atoms with Gasteiger partial charge in [0.15, 0.2) is 17.8 Å². The zero-order chi connectivity index (χ0) is 13.1. The Morgan fingerprint density at radius 1 is 1.06 bits per heavy atom. The lowest BCUT2D eigenvalue weighted by Crippen LogP contribution is -2.05. The highest BCUT2D eigenvalue weighted by atomic mass is 16.6. The van der Waals surface area contributed by atoms with E-state index in [2.05, 4.69) is 0 Å². The Kier molecular flexibility index (Phi) is 3.93. The standard InChI is InChI=1S/C13H18O5/c1-15-10-6-8(9-4-5-12(14)18-9)7-11(16-2)13(10)17-3/h6-7,9,12,14H,4-5H2,1-3H3. The zero-order valence-corrected chi connectivity index (χ0v) is 10.8. The van der Waals surface area contributed by atoms with Crippen LogP contribution in [0.25, 0.3) is 0 Å². The van der Waals surface area contributed by atoms with E-state index in [4.69, 9.17) is 18.9 Å². The third kappa shape index (κ3) is 2.37. The van der Waals surface area contributed by atoms with E-state index in [9.17, 15) is 5.11 Å². The lowest BCUT2D eigenvalue weighted by molar-refractivity contribution is -0.0914. The van der Waals surface area contributed by atoms with Gasteiger partial charge in [-0.25, -0.2) is 0 Å². The maximum absolute atomic E-state index is 9.41. The van der Waals surface area contributed by atoms with Gasteiger partial charge < -0.3 is 24.1 Å². The second kappa shape index (κ2) is 5.46. The zero-order valence-electron chi connectivity index (χ0n) is 10.8. The first-order valence-electron chi connectivity index (χ1n) is 5.83. The normalized spacial score (nSPS) is 22.9. The fourth-order valence-corrected chi connectivity index (χ4v) is 2.15. The molecule has 2 rings (SSSR count). The highest BCUT2D eigenvalue weighted by Crippen LogP contribution is 2.42. The molecule has 1 fully saturated rings. The molecule has 0 amide bonds. The molecular formula is C13H18O5. The Morgan fingerprint density at radius 2 is 1.67 bits per heavy atom. The van der Waals surface area contributed by atoms with Gasteiger partial charge in [0.2, 0.25) is 5.75 Å². The van der Waals surface area contributed by atoms with E-state index in [1.807, 2.05) is 12.1 Å². The van der Waals surface area contributed by atoms with Crippen molar-refractivity contribution in [3.05, 3.63) is 17.7 Å². The number of aliphatic hydroxyl groups excluding tert-OH is 1. The third-order valence-corrected chi connectivity index (χ3v) is 3.06. The van der Waals surface area contributed by atoms with Crippen molar-refractivity contribution < 1.29 is 24.1 Å². The third-order valence-electron chi connectivity index (χ3n) is 3.06. The van der Waals surface area contributed by atoms with Gasteiger partial charge >= 0.3 is 0 Å². The molecule has 2 unspecified atom stereocenters. The first-order chi connectivity index (χ1) is 8.69. The molecule has 5 nitrogen and oxygen atoms in total. The van der Waals surface area contributed by atoms with E-state index in [0.717, 1.165) is 12.0 Å². The molecule has 0 spiro atoms. The van der Waals surface area contributed by atoms with Crippen LogP contribution in [0.15, 0.2) is 12.1 Å². The first kappa shape index (κ1) is 13.0. The van der Waals surface area contributed by atoms with E-state index in [1.165, 1.54) is 0 Å². The summed E-state index contributed by atoms with van der Waals surface area (Å²) in [6.07, 6.45) is 0.601. The number of ether oxygens (including phenoxy) is 4. The van der Waals surface area contributed by atoms with Crippen molar-refractivity contribution in [2.75, 3.05) is 21.3 Å². The van der Waals surface area contributed by atoms with Crippen LogP contribution >= 0.6 is 0 Å². The molecule has 0 radical (unpaired) electrons. The van der Waals surface area contributed by atoms with Crippen LogP contribution in [-0.4, -0.2) is 32.7 Å². The molecule has 0 bridgehead atoms. The molecule has 1 heterocycles. The van der Waals surface area contributed by atoms with Crippen molar-refractivity contribution in [3.63, 3.8) is 0 Å². The van der Waals surface area contributed by atoms with Gasteiger partial charge in [0, 0.05) is 6.42 Å². The van der Waals surface area contributed by atoms with Gasteiger partial charge in [-0.05, 0) is 24.1 Å². The molecule has 1 saturated heterocycles. The highest BCUT2D eigenvalue weighted by Gasteiger charge is 2.27. The van der Waals surface area contributed by atoms with Crippen molar-refractivity contribution in [2.24, 2.45) is 0 Å². The largest absolute Gasteiger partial charge is 0.493 e. The molecule has 0 aliphatic carbocycles. The number of benzene rings is 1. The van der Waals surface area contributed by atoms with Crippen LogP contribution in [0.5, 0.6) is 17.2 Å². The van der Waals surface area contributed by atoms with E-state index < -0.39 is 6.29 Å². The van der Waals surface area contributed by atoms with Crippen molar-refractivity contribution in [2.45, 2.75) is 25.2 Å². The topological polar surface area (TPSA) is 57.2 Å². The van der Waals surface area contributed by atoms with Gasteiger partial charge in [-0.3, -0.25) is 0 Å². The van der Waals surface area contributed by atoms with Crippen LogP contribution < -0.4 is 14.2 Å². The number of aliphatic hydroxyl groups is 1. The summed E-state index contributed by atoms with van der Waals surface area (Å²) in [5.41, 5.74) is 0.918. The van der Waals surface area contributed by atoms with E-state index in [0.29, 0.717) is 23.7 Å². The number of methoxy groups -OCH3 is 3. The van der Waals surface area contributed by atoms with E-state index in [1.54, 1.807) is 21.3 Å². The van der Waals surface area contributed by atoms with Gasteiger partial charge in [0.1, 0.15) is 0 Å². The van der Waals surface area contributed by atoms with Gasteiger partial charge in [-0.1, -0.05) is 0 Å². The average Bonchev–Trinajstić information content (AvgIpc) is 2.83. The minimum absolute atomic E-state index is 0.131. The average molecular weight is 254 g/mol. The highest BCUT2D eigenvalue weighted by molar-refractivity contribution is 5.54. The summed E-state index contributed by atoms with van der Waals surface area (Å²) >= 11 is 0. The van der Waals surface area contributed by atoms with Crippen molar-refractivity contribution >= 4 is 0 Å². The molecule has 18 heavy (non-hydrogen) atoms. The molecule has 1 aliphatic heterocycles. The van der Waals surface area contributed by atoms with Gasteiger partial charge in [0.25, 0.3) is 0 Å².